The zero-order chi connectivity index (χ0) is 13.2. The van der Waals surface area contributed by atoms with Crippen LogP contribution in [0.4, 0.5) is 11.6 Å². The zero-order valence-corrected chi connectivity index (χ0v) is 11.3. The smallest absolute Gasteiger partial charge is 0.225 e. The molecule has 1 unspecified atom stereocenters. The van der Waals surface area contributed by atoms with E-state index in [2.05, 4.69) is 58.0 Å². The van der Waals surface area contributed by atoms with Crippen molar-refractivity contribution in [2.75, 3.05) is 23.4 Å². The van der Waals surface area contributed by atoms with Crippen molar-refractivity contribution < 1.29 is 0 Å². The van der Waals surface area contributed by atoms with Crippen molar-refractivity contribution >= 4 is 11.6 Å². The molecule has 4 heteroatoms. The van der Waals surface area contributed by atoms with Crippen molar-refractivity contribution in [2.24, 2.45) is 0 Å². The summed E-state index contributed by atoms with van der Waals surface area (Å²) in [6.07, 6.45) is 3.60. The average molecular weight is 254 g/mol. The van der Waals surface area contributed by atoms with Gasteiger partial charge in [0.05, 0.1) is 0 Å². The van der Waals surface area contributed by atoms with Crippen LogP contribution < -0.4 is 9.80 Å². The summed E-state index contributed by atoms with van der Waals surface area (Å²) in [6, 6.07) is 10.8. The van der Waals surface area contributed by atoms with Crippen molar-refractivity contribution in [1.82, 2.24) is 9.97 Å². The van der Waals surface area contributed by atoms with E-state index >= 15 is 0 Å². The number of likely N-dealkylation sites (N-methyl/N-ethyl adjacent to an activating group) is 1. The molecule has 0 aliphatic carbocycles. The molecule has 1 aromatic heterocycles. The number of fused-ring (bicyclic) bond motifs is 1. The first-order chi connectivity index (χ1) is 9.25. The Labute approximate surface area is 113 Å². The number of nitrogens with zero attached hydrogens (tertiary/aromatic N) is 4. The van der Waals surface area contributed by atoms with Gasteiger partial charge in [-0.2, -0.15) is 0 Å². The second-order valence-electron chi connectivity index (χ2n) is 5.03. The van der Waals surface area contributed by atoms with Crippen LogP contribution in [0.15, 0.2) is 42.7 Å². The molecule has 0 radical (unpaired) electrons. The minimum Gasteiger partial charge on any atom is -0.372 e. The molecule has 0 N–H and O–H groups in total. The maximum Gasteiger partial charge on any atom is 0.225 e. The molecule has 1 atom stereocenters. The largest absolute Gasteiger partial charge is 0.372 e. The highest BCUT2D eigenvalue weighted by Gasteiger charge is 2.24. The molecule has 0 spiro atoms. The molecule has 4 nitrogen and oxygen atoms in total. The van der Waals surface area contributed by atoms with E-state index in [1.165, 1.54) is 11.3 Å². The van der Waals surface area contributed by atoms with Gasteiger partial charge < -0.3 is 9.80 Å². The Morgan fingerprint density at radius 2 is 1.84 bits per heavy atom. The Morgan fingerprint density at radius 3 is 2.63 bits per heavy atom. The SMILES string of the molecule is CC1CN(C)c2ccccc2CN1c1ncccn1. The molecular weight excluding hydrogens is 236 g/mol. The topological polar surface area (TPSA) is 32.3 Å². The number of hydrogen-bond acceptors (Lipinski definition) is 4. The normalized spacial score (nSPS) is 18.9. The standard InChI is InChI=1S/C15H18N4/c1-12-10-18(2)14-7-4-3-6-13(14)11-19(12)15-16-8-5-9-17-15/h3-9,12H,10-11H2,1-2H3. The fourth-order valence-electron chi connectivity index (χ4n) is 2.66. The zero-order valence-electron chi connectivity index (χ0n) is 11.3. The number of rotatable bonds is 1. The van der Waals surface area contributed by atoms with E-state index in [4.69, 9.17) is 0 Å². The van der Waals surface area contributed by atoms with Gasteiger partial charge in [-0.05, 0) is 24.6 Å². The molecule has 2 heterocycles. The van der Waals surface area contributed by atoms with E-state index < -0.39 is 0 Å². The van der Waals surface area contributed by atoms with Crippen molar-refractivity contribution in [3.05, 3.63) is 48.3 Å². The van der Waals surface area contributed by atoms with Gasteiger partial charge >= 0.3 is 0 Å². The Bertz CT molecular complexity index is 555. The number of para-hydroxylation sites is 1. The molecule has 3 rings (SSSR count). The first-order valence-electron chi connectivity index (χ1n) is 6.58. The Morgan fingerprint density at radius 1 is 1.11 bits per heavy atom. The van der Waals surface area contributed by atoms with E-state index in [1.807, 2.05) is 6.07 Å². The number of anilines is 2. The Hall–Kier alpha value is -2.10. The lowest BCUT2D eigenvalue weighted by Crippen LogP contribution is -2.39. The highest BCUT2D eigenvalue weighted by Crippen LogP contribution is 2.27. The molecule has 0 saturated carbocycles. The predicted molar refractivity (Wildman–Crippen MR) is 77.4 cm³/mol. The summed E-state index contributed by atoms with van der Waals surface area (Å²) in [5.74, 6) is 0.806. The molecule has 0 amide bonds. The van der Waals surface area contributed by atoms with E-state index in [1.54, 1.807) is 12.4 Å². The van der Waals surface area contributed by atoms with E-state index in [0.29, 0.717) is 6.04 Å². The van der Waals surface area contributed by atoms with Crippen LogP contribution in [0.5, 0.6) is 0 Å². The summed E-state index contributed by atoms with van der Waals surface area (Å²) in [5.41, 5.74) is 2.62. The molecule has 1 aliphatic rings. The lowest BCUT2D eigenvalue weighted by atomic mass is 10.1. The second-order valence-corrected chi connectivity index (χ2v) is 5.03. The predicted octanol–water partition coefficient (Wildman–Crippen LogP) is 2.32. The maximum absolute atomic E-state index is 4.39. The summed E-state index contributed by atoms with van der Waals surface area (Å²) in [6.45, 7) is 4.04. The lowest BCUT2D eigenvalue weighted by molar-refractivity contribution is 0.627. The minimum atomic E-state index is 0.375. The van der Waals surface area contributed by atoms with E-state index in [9.17, 15) is 0 Å². The van der Waals surface area contributed by atoms with Gasteiger partial charge in [0.15, 0.2) is 0 Å². The van der Waals surface area contributed by atoms with Crippen LogP contribution >= 0.6 is 0 Å². The Balaban J connectivity index is 2.00. The molecule has 0 fully saturated rings. The minimum absolute atomic E-state index is 0.375. The first kappa shape index (κ1) is 12.0. The average Bonchev–Trinajstić information content (AvgIpc) is 2.57. The van der Waals surface area contributed by atoms with E-state index in [0.717, 1.165) is 19.0 Å². The summed E-state index contributed by atoms with van der Waals surface area (Å²) in [7, 11) is 2.14. The number of hydrogen-bond donors (Lipinski definition) is 0. The maximum atomic E-state index is 4.39. The van der Waals surface area contributed by atoms with Crippen molar-refractivity contribution in [3.63, 3.8) is 0 Å². The van der Waals surface area contributed by atoms with Crippen LogP contribution in [0.3, 0.4) is 0 Å². The summed E-state index contributed by atoms with van der Waals surface area (Å²) in [4.78, 5) is 13.4. The van der Waals surface area contributed by atoms with Gasteiger partial charge in [-0.1, -0.05) is 18.2 Å². The third-order valence-corrected chi connectivity index (χ3v) is 3.62. The molecule has 98 valence electrons. The fourth-order valence-corrected chi connectivity index (χ4v) is 2.66. The second kappa shape index (κ2) is 4.88. The van der Waals surface area contributed by atoms with Gasteiger partial charge in [-0.3, -0.25) is 0 Å². The van der Waals surface area contributed by atoms with Crippen molar-refractivity contribution in [1.29, 1.82) is 0 Å². The van der Waals surface area contributed by atoms with Crippen LogP contribution in [0.1, 0.15) is 12.5 Å². The van der Waals surface area contributed by atoms with Gasteiger partial charge in [0.2, 0.25) is 5.95 Å². The van der Waals surface area contributed by atoms with Crippen LogP contribution in [0.25, 0.3) is 0 Å². The van der Waals surface area contributed by atoms with Crippen LogP contribution in [0.2, 0.25) is 0 Å². The van der Waals surface area contributed by atoms with Crippen LogP contribution in [-0.2, 0) is 6.54 Å². The fraction of sp³-hybridized carbons (Fsp3) is 0.333. The van der Waals surface area contributed by atoms with Gasteiger partial charge in [0.25, 0.3) is 0 Å². The highest BCUT2D eigenvalue weighted by atomic mass is 15.3. The number of benzene rings is 1. The third-order valence-electron chi connectivity index (χ3n) is 3.62. The van der Waals surface area contributed by atoms with Crippen LogP contribution in [-0.4, -0.2) is 29.6 Å². The van der Waals surface area contributed by atoms with Crippen molar-refractivity contribution in [3.8, 4) is 0 Å². The molecule has 0 saturated heterocycles. The highest BCUT2D eigenvalue weighted by molar-refractivity contribution is 5.56. The summed E-state index contributed by atoms with van der Waals surface area (Å²) >= 11 is 0. The molecule has 0 bridgehead atoms. The quantitative estimate of drug-likeness (QED) is 0.782. The number of aromatic nitrogens is 2. The van der Waals surface area contributed by atoms with Gasteiger partial charge in [0, 0.05) is 44.3 Å². The van der Waals surface area contributed by atoms with Crippen LogP contribution in [0, 0.1) is 0 Å². The molecular formula is C15H18N4. The van der Waals surface area contributed by atoms with Gasteiger partial charge in [-0.15, -0.1) is 0 Å². The van der Waals surface area contributed by atoms with Gasteiger partial charge in [-0.25, -0.2) is 9.97 Å². The monoisotopic (exact) mass is 254 g/mol. The van der Waals surface area contributed by atoms with E-state index in [-0.39, 0.29) is 0 Å². The van der Waals surface area contributed by atoms with Crippen molar-refractivity contribution in [2.45, 2.75) is 19.5 Å². The first-order valence-corrected chi connectivity index (χ1v) is 6.58. The summed E-state index contributed by atoms with van der Waals surface area (Å²) in [5, 5.41) is 0. The molecule has 1 aromatic carbocycles. The Kier molecular flexibility index (Phi) is 3.07. The summed E-state index contributed by atoms with van der Waals surface area (Å²) < 4.78 is 0. The molecule has 2 aromatic rings. The van der Waals surface area contributed by atoms with Gasteiger partial charge in [0.1, 0.15) is 0 Å². The molecule has 1 aliphatic heterocycles. The lowest BCUT2D eigenvalue weighted by Gasteiger charge is -2.28. The third kappa shape index (κ3) is 2.26. The molecule has 19 heavy (non-hydrogen) atoms.